The van der Waals surface area contributed by atoms with Crippen LogP contribution in [0.2, 0.25) is 5.02 Å². The highest BCUT2D eigenvalue weighted by Gasteiger charge is 2.18. The van der Waals surface area contributed by atoms with E-state index in [-0.39, 0.29) is 21.7 Å². The van der Waals surface area contributed by atoms with Gasteiger partial charge in [-0.3, -0.25) is 4.98 Å². The van der Waals surface area contributed by atoms with Crippen molar-refractivity contribution in [3.8, 4) is 11.1 Å². The van der Waals surface area contributed by atoms with E-state index in [1.54, 1.807) is 6.92 Å². The molecule has 3 nitrogen and oxygen atoms in total. The van der Waals surface area contributed by atoms with E-state index in [1.165, 1.54) is 30.5 Å². The molecule has 0 aliphatic carbocycles. The molecular weight excluding hydrogens is 257 g/mol. The van der Waals surface area contributed by atoms with Crippen LogP contribution < -0.4 is 0 Å². The third-order valence-electron chi connectivity index (χ3n) is 2.50. The first kappa shape index (κ1) is 12.5. The Hall–Kier alpha value is -1.94. The first-order valence-corrected chi connectivity index (χ1v) is 5.53. The van der Waals surface area contributed by atoms with Gasteiger partial charge in [-0.15, -0.1) is 0 Å². The number of aryl methyl sites for hydroxylation is 1. The fraction of sp³-hybridized carbons (Fsp3) is 0.0769. The highest BCUT2D eigenvalue weighted by atomic mass is 35.5. The molecule has 92 valence electrons. The van der Waals surface area contributed by atoms with Gasteiger partial charge >= 0.3 is 5.97 Å². The summed E-state index contributed by atoms with van der Waals surface area (Å²) < 4.78 is 13.8. The van der Waals surface area contributed by atoms with Crippen LogP contribution in [-0.4, -0.2) is 16.1 Å². The van der Waals surface area contributed by atoms with Crippen molar-refractivity contribution in [2.45, 2.75) is 6.92 Å². The van der Waals surface area contributed by atoms with Crippen LogP contribution >= 0.6 is 11.6 Å². The topological polar surface area (TPSA) is 50.2 Å². The van der Waals surface area contributed by atoms with Gasteiger partial charge in [0.25, 0.3) is 0 Å². The predicted octanol–water partition coefficient (Wildman–Crippen LogP) is 3.55. The number of aromatic nitrogens is 1. The number of rotatable bonds is 2. The summed E-state index contributed by atoms with van der Waals surface area (Å²) in [5, 5.41) is 9.26. The van der Waals surface area contributed by atoms with Crippen LogP contribution in [0.4, 0.5) is 4.39 Å². The molecule has 0 aliphatic heterocycles. The largest absolute Gasteiger partial charge is 0.478 e. The van der Waals surface area contributed by atoms with E-state index in [0.717, 1.165) is 0 Å². The number of nitrogens with zero attached hydrogens (tertiary/aromatic N) is 1. The Balaban J connectivity index is 2.77. The van der Waals surface area contributed by atoms with Crippen LogP contribution in [0.3, 0.4) is 0 Å². The molecule has 0 fully saturated rings. The molecular formula is C13H9ClFNO2. The van der Waals surface area contributed by atoms with Gasteiger partial charge in [-0.25, -0.2) is 9.18 Å². The average Bonchev–Trinajstić information content (AvgIpc) is 2.28. The molecule has 0 aliphatic rings. The Morgan fingerprint density at radius 2 is 2.17 bits per heavy atom. The number of halogens is 2. The number of pyridine rings is 1. The van der Waals surface area contributed by atoms with Crippen molar-refractivity contribution < 1.29 is 14.3 Å². The number of benzene rings is 1. The number of hydrogen-bond donors (Lipinski definition) is 1. The van der Waals surface area contributed by atoms with Crippen LogP contribution in [0.5, 0.6) is 0 Å². The molecule has 2 rings (SSSR count). The second-order valence-electron chi connectivity index (χ2n) is 3.77. The average molecular weight is 266 g/mol. The zero-order valence-electron chi connectivity index (χ0n) is 9.45. The maximum Gasteiger partial charge on any atom is 0.337 e. The molecule has 1 heterocycles. The fourth-order valence-electron chi connectivity index (χ4n) is 1.69. The Bertz CT molecular complexity index is 608. The number of hydrogen-bond acceptors (Lipinski definition) is 2. The normalized spacial score (nSPS) is 10.4. The molecule has 1 aromatic carbocycles. The van der Waals surface area contributed by atoms with Crippen molar-refractivity contribution in [3.63, 3.8) is 0 Å². The minimum Gasteiger partial charge on any atom is -0.478 e. The lowest BCUT2D eigenvalue weighted by atomic mass is 10.00. The standard InChI is InChI=1S/C13H9ClFNO2/c1-7-5-8(9(6-16-7)13(17)18)12-10(14)3-2-4-11(12)15/h2-6H,1H3,(H,17,18). The predicted molar refractivity (Wildman–Crippen MR) is 66.3 cm³/mol. The first-order valence-electron chi connectivity index (χ1n) is 5.15. The van der Waals surface area contributed by atoms with Crippen LogP contribution in [0.25, 0.3) is 11.1 Å². The lowest BCUT2D eigenvalue weighted by Crippen LogP contribution is -2.02. The second kappa shape index (κ2) is 4.74. The molecule has 18 heavy (non-hydrogen) atoms. The zero-order valence-corrected chi connectivity index (χ0v) is 10.2. The maximum absolute atomic E-state index is 13.8. The zero-order chi connectivity index (χ0) is 13.3. The summed E-state index contributed by atoms with van der Waals surface area (Å²) in [4.78, 5) is 15.0. The monoisotopic (exact) mass is 265 g/mol. The molecule has 1 aromatic heterocycles. The summed E-state index contributed by atoms with van der Waals surface area (Å²) in [6.07, 6.45) is 1.20. The van der Waals surface area contributed by atoms with Gasteiger partial charge in [0, 0.05) is 23.0 Å². The minimum atomic E-state index is -1.17. The molecule has 0 radical (unpaired) electrons. The maximum atomic E-state index is 13.8. The van der Waals surface area contributed by atoms with Gasteiger partial charge in [-0.2, -0.15) is 0 Å². The third-order valence-corrected chi connectivity index (χ3v) is 2.82. The summed E-state index contributed by atoms with van der Waals surface area (Å²) >= 11 is 5.94. The molecule has 0 saturated heterocycles. The van der Waals surface area contributed by atoms with Gasteiger partial charge in [0.05, 0.1) is 10.6 Å². The molecule has 5 heteroatoms. The van der Waals surface area contributed by atoms with Crippen molar-refractivity contribution in [2.75, 3.05) is 0 Å². The first-order chi connectivity index (χ1) is 8.50. The highest BCUT2D eigenvalue weighted by Crippen LogP contribution is 2.33. The molecule has 0 spiro atoms. The van der Waals surface area contributed by atoms with Gasteiger partial charge in [-0.1, -0.05) is 17.7 Å². The molecule has 0 saturated carbocycles. The summed E-state index contributed by atoms with van der Waals surface area (Å²) in [5.41, 5.74) is 0.835. The molecule has 0 bridgehead atoms. The third kappa shape index (κ3) is 2.19. The van der Waals surface area contributed by atoms with Crippen molar-refractivity contribution in [1.29, 1.82) is 0 Å². The lowest BCUT2D eigenvalue weighted by Gasteiger charge is -2.09. The van der Waals surface area contributed by atoms with E-state index in [9.17, 15) is 9.18 Å². The van der Waals surface area contributed by atoms with E-state index in [2.05, 4.69) is 4.98 Å². The van der Waals surface area contributed by atoms with Gasteiger partial charge in [0.2, 0.25) is 0 Å². The van der Waals surface area contributed by atoms with Crippen molar-refractivity contribution >= 4 is 17.6 Å². The van der Waals surface area contributed by atoms with E-state index >= 15 is 0 Å². The Kier molecular flexibility index (Phi) is 3.30. The molecule has 0 amide bonds. The Morgan fingerprint density at radius 1 is 1.44 bits per heavy atom. The summed E-state index contributed by atoms with van der Waals surface area (Å²) in [7, 11) is 0. The van der Waals surface area contributed by atoms with Crippen molar-refractivity contribution in [1.82, 2.24) is 4.98 Å². The lowest BCUT2D eigenvalue weighted by molar-refractivity contribution is 0.0697. The highest BCUT2D eigenvalue weighted by molar-refractivity contribution is 6.33. The molecule has 1 N–H and O–H groups in total. The summed E-state index contributed by atoms with van der Waals surface area (Å²) in [5.74, 6) is -1.73. The van der Waals surface area contributed by atoms with E-state index < -0.39 is 11.8 Å². The van der Waals surface area contributed by atoms with Gasteiger partial charge in [-0.05, 0) is 25.1 Å². The van der Waals surface area contributed by atoms with Crippen LogP contribution in [-0.2, 0) is 0 Å². The summed E-state index contributed by atoms with van der Waals surface area (Å²) in [6, 6.07) is 5.73. The molecule has 0 unspecified atom stereocenters. The summed E-state index contributed by atoms with van der Waals surface area (Å²) in [6.45, 7) is 1.70. The van der Waals surface area contributed by atoms with Crippen LogP contribution in [0, 0.1) is 12.7 Å². The number of carboxylic acids is 1. The van der Waals surface area contributed by atoms with E-state index in [4.69, 9.17) is 16.7 Å². The number of carboxylic acid groups (broad SMARTS) is 1. The van der Waals surface area contributed by atoms with Gasteiger partial charge in [0.15, 0.2) is 0 Å². The SMILES string of the molecule is Cc1cc(-c2c(F)cccc2Cl)c(C(=O)O)cn1. The molecule has 2 aromatic rings. The van der Waals surface area contributed by atoms with E-state index in [0.29, 0.717) is 5.69 Å². The Morgan fingerprint density at radius 3 is 2.78 bits per heavy atom. The second-order valence-corrected chi connectivity index (χ2v) is 4.18. The van der Waals surface area contributed by atoms with Gasteiger partial charge in [0.1, 0.15) is 5.82 Å². The number of aromatic carboxylic acids is 1. The van der Waals surface area contributed by atoms with Crippen molar-refractivity contribution in [3.05, 3.63) is 52.6 Å². The van der Waals surface area contributed by atoms with Crippen LogP contribution in [0.1, 0.15) is 16.1 Å². The fourth-order valence-corrected chi connectivity index (χ4v) is 1.96. The number of carbonyl (C=O) groups is 1. The minimum absolute atomic E-state index is 0.0763. The molecule has 0 atom stereocenters. The smallest absolute Gasteiger partial charge is 0.337 e. The van der Waals surface area contributed by atoms with Crippen LogP contribution in [0.15, 0.2) is 30.5 Å². The quantitative estimate of drug-likeness (QED) is 0.903. The van der Waals surface area contributed by atoms with Crippen molar-refractivity contribution in [2.24, 2.45) is 0 Å². The van der Waals surface area contributed by atoms with E-state index in [1.807, 2.05) is 0 Å². The van der Waals surface area contributed by atoms with Gasteiger partial charge < -0.3 is 5.11 Å². The Labute approximate surface area is 108 Å².